The Morgan fingerprint density at radius 2 is 2.05 bits per heavy atom. The molecule has 0 bridgehead atoms. The molecule has 1 heterocycles. The number of hydrogen-bond acceptors (Lipinski definition) is 3. The molecule has 2 aromatic carbocycles. The Morgan fingerprint density at radius 3 is 2.84 bits per heavy atom. The molecular weight excluding hydrogens is 243 g/mol. The van der Waals surface area contributed by atoms with E-state index in [4.69, 9.17) is 9.68 Å². The molecule has 0 unspecified atom stereocenters. The third-order valence-electron chi connectivity index (χ3n) is 2.84. The van der Waals surface area contributed by atoms with Gasteiger partial charge in [0.1, 0.15) is 11.3 Å². The number of rotatable bonds is 2. The lowest BCUT2D eigenvalue weighted by Gasteiger charge is -1.95. The van der Waals surface area contributed by atoms with Gasteiger partial charge in [0.2, 0.25) is 5.89 Å². The maximum Gasteiger partial charge on any atom is 0.230 e. The monoisotopic (exact) mass is 252 g/mol. The molecule has 0 spiro atoms. The van der Waals surface area contributed by atoms with Crippen molar-refractivity contribution in [3.8, 4) is 17.5 Å². The van der Waals surface area contributed by atoms with Gasteiger partial charge in [-0.25, -0.2) is 9.37 Å². The van der Waals surface area contributed by atoms with Gasteiger partial charge in [0.15, 0.2) is 5.58 Å². The maximum absolute atomic E-state index is 13.7. The van der Waals surface area contributed by atoms with Crippen LogP contribution in [0.15, 0.2) is 46.9 Å². The first kappa shape index (κ1) is 11.4. The van der Waals surface area contributed by atoms with Gasteiger partial charge in [0.05, 0.1) is 18.1 Å². The first-order valence-electron chi connectivity index (χ1n) is 5.79. The van der Waals surface area contributed by atoms with Crippen molar-refractivity contribution in [2.24, 2.45) is 0 Å². The topological polar surface area (TPSA) is 49.8 Å². The molecule has 0 fully saturated rings. The van der Waals surface area contributed by atoms with Gasteiger partial charge in [-0.15, -0.1) is 0 Å². The number of hydrogen-bond donors (Lipinski definition) is 0. The van der Waals surface area contributed by atoms with Crippen molar-refractivity contribution in [2.75, 3.05) is 0 Å². The van der Waals surface area contributed by atoms with E-state index in [-0.39, 0.29) is 11.7 Å². The van der Waals surface area contributed by atoms with Gasteiger partial charge in [-0.3, -0.25) is 0 Å². The van der Waals surface area contributed by atoms with Crippen molar-refractivity contribution >= 4 is 11.1 Å². The third kappa shape index (κ3) is 2.06. The quantitative estimate of drug-likeness (QED) is 0.698. The molecule has 3 nitrogen and oxygen atoms in total. The minimum Gasteiger partial charge on any atom is -0.436 e. The van der Waals surface area contributed by atoms with Crippen LogP contribution in [-0.2, 0) is 6.42 Å². The van der Waals surface area contributed by atoms with Crippen LogP contribution >= 0.6 is 0 Å². The molecule has 92 valence electrons. The summed E-state index contributed by atoms with van der Waals surface area (Å²) in [5.41, 5.74) is 2.40. The molecule has 4 heteroatoms. The van der Waals surface area contributed by atoms with E-state index in [0.29, 0.717) is 23.1 Å². The van der Waals surface area contributed by atoms with Gasteiger partial charge in [0.25, 0.3) is 0 Å². The molecule has 0 aliphatic rings. The molecular formula is C15H9FN2O. The molecule has 3 rings (SSSR count). The largest absolute Gasteiger partial charge is 0.436 e. The summed E-state index contributed by atoms with van der Waals surface area (Å²) in [5, 5.41) is 8.67. The van der Waals surface area contributed by atoms with Gasteiger partial charge in [0, 0.05) is 0 Å². The number of nitrogens with zero attached hydrogens (tertiary/aromatic N) is 2. The van der Waals surface area contributed by atoms with E-state index < -0.39 is 0 Å². The average Bonchev–Trinajstić information content (AvgIpc) is 2.82. The Kier molecular flexibility index (Phi) is 2.73. The molecule has 0 atom stereocenters. The van der Waals surface area contributed by atoms with Gasteiger partial charge >= 0.3 is 0 Å². The van der Waals surface area contributed by atoms with Crippen LogP contribution in [0.3, 0.4) is 0 Å². The first-order valence-corrected chi connectivity index (χ1v) is 5.79. The zero-order valence-corrected chi connectivity index (χ0v) is 9.93. The van der Waals surface area contributed by atoms with E-state index in [2.05, 4.69) is 11.1 Å². The second kappa shape index (κ2) is 4.54. The molecule has 0 saturated heterocycles. The molecule has 0 saturated carbocycles. The van der Waals surface area contributed by atoms with Crippen molar-refractivity contribution in [3.05, 3.63) is 53.8 Å². The summed E-state index contributed by atoms with van der Waals surface area (Å²) in [6.07, 6.45) is 0.311. The van der Waals surface area contributed by atoms with Gasteiger partial charge in [-0.05, 0) is 29.8 Å². The van der Waals surface area contributed by atoms with Crippen LogP contribution in [-0.4, -0.2) is 4.98 Å². The van der Waals surface area contributed by atoms with Crippen LogP contribution in [0, 0.1) is 17.1 Å². The smallest absolute Gasteiger partial charge is 0.230 e. The van der Waals surface area contributed by atoms with E-state index in [1.807, 2.05) is 6.07 Å². The van der Waals surface area contributed by atoms with Gasteiger partial charge < -0.3 is 4.42 Å². The molecule has 0 aliphatic carbocycles. The number of aromatic nitrogens is 1. The zero-order chi connectivity index (χ0) is 13.2. The van der Waals surface area contributed by atoms with E-state index in [0.717, 1.165) is 5.56 Å². The van der Waals surface area contributed by atoms with Gasteiger partial charge in [-0.1, -0.05) is 18.2 Å². The highest BCUT2D eigenvalue weighted by atomic mass is 19.1. The minimum absolute atomic E-state index is 0.252. The maximum atomic E-state index is 13.7. The van der Waals surface area contributed by atoms with E-state index in [1.165, 1.54) is 6.07 Å². The minimum atomic E-state index is -0.369. The number of fused-ring (bicyclic) bond motifs is 1. The van der Waals surface area contributed by atoms with Crippen molar-refractivity contribution in [3.63, 3.8) is 0 Å². The van der Waals surface area contributed by atoms with Crippen molar-refractivity contribution < 1.29 is 8.81 Å². The lowest BCUT2D eigenvalue weighted by Crippen LogP contribution is -1.82. The standard InChI is InChI=1S/C15H9FN2O/c16-12-4-2-1-3-11(12)15-18-13-6-5-10(7-8-17)9-14(13)19-15/h1-6,9H,7H2. The number of halogens is 1. The normalized spacial score (nSPS) is 10.5. The fourth-order valence-electron chi connectivity index (χ4n) is 1.92. The summed E-state index contributed by atoms with van der Waals surface area (Å²) in [4.78, 5) is 4.26. The summed E-state index contributed by atoms with van der Waals surface area (Å²) >= 11 is 0. The molecule has 0 aliphatic heterocycles. The van der Waals surface area contributed by atoms with Gasteiger partial charge in [-0.2, -0.15) is 5.26 Å². The second-order valence-electron chi connectivity index (χ2n) is 4.14. The fourth-order valence-corrected chi connectivity index (χ4v) is 1.92. The molecule has 19 heavy (non-hydrogen) atoms. The average molecular weight is 252 g/mol. The fraction of sp³-hybridized carbons (Fsp3) is 0.0667. The molecule has 0 amide bonds. The Bertz CT molecular complexity index is 786. The third-order valence-corrected chi connectivity index (χ3v) is 2.84. The number of oxazole rings is 1. The summed E-state index contributed by atoms with van der Waals surface area (Å²) in [6, 6.07) is 13.8. The van der Waals surface area contributed by atoms with Crippen molar-refractivity contribution in [2.45, 2.75) is 6.42 Å². The Morgan fingerprint density at radius 1 is 1.21 bits per heavy atom. The highest BCUT2D eigenvalue weighted by Crippen LogP contribution is 2.26. The van der Waals surface area contributed by atoms with Crippen LogP contribution in [0.4, 0.5) is 4.39 Å². The molecule has 3 aromatic rings. The van der Waals surface area contributed by atoms with Crippen LogP contribution in [0.25, 0.3) is 22.6 Å². The summed E-state index contributed by atoms with van der Waals surface area (Å²) < 4.78 is 19.2. The lowest BCUT2D eigenvalue weighted by molar-refractivity contribution is 0.593. The van der Waals surface area contributed by atoms with Crippen LogP contribution in [0.1, 0.15) is 5.56 Å². The van der Waals surface area contributed by atoms with Crippen LogP contribution in [0.2, 0.25) is 0 Å². The Balaban J connectivity index is 2.12. The molecule has 1 aromatic heterocycles. The van der Waals surface area contributed by atoms with E-state index in [1.54, 1.807) is 30.3 Å². The highest BCUT2D eigenvalue weighted by molar-refractivity contribution is 5.77. The predicted molar refractivity (Wildman–Crippen MR) is 68.7 cm³/mol. The van der Waals surface area contributed by atoms with Crippen LogP contribution < -0.4 is 0 Å². The van der Waals surface area contributed by atoms with Crippen molar-refractivity contribution in [1.29, 1.82) is 5.26 Å². The zero-order valence-electron chi connectivity index (χ0n) is 9.93. The predicted octanol–water partition coefficient (Wildman–Crippen LogP) is 3.70. The number of nitriles is 1. The Labute approximate surface area is 108 Å². The summed E-state index contributed by atoms with van der Waals surface area (Å²) in [5.74, 6) is -0.117. The number of benzene rings is 2. The molecule has 0 radical (unpaired) electrons. The summed E-state index contributed by atoms with van der Waals surface area (Å²) in [7, 11) is 0. The summed E-state index contributed by atoms with van der Waals surface area (Å²) in [6.45, 7) is 0. The SMILES string of the molecule is N#CCc1ccc2nc(-c3ccccc3F)oc2c1. The Hall–Kier alpha value is -2.67. The first-order chi connectivity index (χ1) is 9.28. The molecule has 0 N–H and O–H groups in total. The van der Waals surface area contributed by atoms with E-state index in [9.17, 15) is 4.39 Å². The van der Waals surface area contributed by atoms with Crippen molar-refractivity contribution in [1.82, 2.24) is 4.98 Å². The van der Waals surface area contributed by atoms with Crippen LogP contribution in [0.5, 0.6) is 0 Å². The van der Waals surface area contributed by atoms with E-state index >= 15 is 0 Å². The lowest BCUT2D eigenvalue weighted by atomic mass is 10.1. The highest BCUT2D eigenvalue weighted by Gasteiger charge is 2.12. The second-order valence-corrected chi connectivity index (χ2v) is 4.14.